The number of terminal acetylenes is 1. The molecule has 1 aromatic rings. The molecule has 0 aliphatic heterocycles. The van der Waals surface area contributed by atoms with Crippen LogP contribution in [0.4, 0.5) is 0 Å². The summed E-state index contributed by atoms with van der Waals surface area (Å²) in [6.07, 6.45) is 7.53. The summed E-state index contributed by atoms with van der Waals surface area (Å²) in [5.74, 6) is 3.45. The summed E-state index contributed by atoms with van der Waals surface area (Å²) in [4.78, 5) is 0. The number of aromatic hydroxyl groups is 1. The van der Waals surface area contributed by atoms with Crippen molar-refractivity contribution in [2.45, 2.75) is 18.3 Å². The maximum atomic E-state index is 9.42. The van der Waals surface area contributed by atoms with Gasteiger partial charge in [-0.3, -0.25) is 0 Å². The van der Waals surface area contributed by atoms with Crippen molar-refractivity contribution < 1.29 is 9.84 Å². The smallest absolute Gasteiger partial charge is 0.160 e. The van der Waals surface area contributed by atoms with Gasteiger partial charge in [0.15, 0.2) is 11.5 Å². The van der Waals surface area contributed by atoms with Crippen LogP contribution in [0.5, 0.6) is 11.5 Å². The van der Waals surface area contributed by atoms with E-state index in [1.54, 1.807) is 6.07 Å². The number of phenols is 1. The first kappa shape index (κ1) is 8.96. The van der Waals surface area contributed by atoms with Crippen molar-refractivity contribution in [1.29, 1.82) is 0 Å². The van der Waals surface area contributed by atoms with Crippen molar-refractivity contribution in [3.8, 4) is 23.8 Å². The van der Waals surface area contributed by atoms with Gasteiger partial charge in [0.1, 0.15) is 0 Å². The molecule has 0 saturated heterocycles. The number of hydrogen-bond acceptors (Lipinski definition) is 2. The third-order valence-corrected chi connectivity index (χ3v) is 2.76. The van der Waals surface area contributed by atoms with E-state index in [1.807, 2.05) is 12.1 Å². The molecule has 14 heavy (non-hydrogen) atoms. The maximum Gasteiger partial charge on any atom is 0.160 e. The number of hydrogen-bond donors (Lipinski definition) is 1. The minimum atomic E-state index is -0.0963. The van der Waals surface area contributed by atoms with Crippen molar-refractivity contribution >= 4 is 0 Å². The lowest BCUT2D eigenvalue weighted by molar-refractivity contribution is 0.372. The molecular formula is C12H12O2. The normalized spacial score (nSPS) is 17.1. The Balaban J connectivity index is 2.42. The zero-order chi connectivity index (χ0) is 10.2. The quantitative estimate of drug-likeness (QED) is 0.720. The highest BCUT2D eigenvalue weighted by molar-refractivity contribution is 5.49. The molecule has 0 radical (unpaired) electrons. The van der Waals surface area contributed by atoms with E-state index in [2.05, 4.69) is 5.92 Å². The SMILES string of the molecule is C#CC1(c2ccc(O)c(OC)c2)CC1. The van der Waals surface area contributed by atoms with Gasteiger partial charge in [-0.25, -0.2) is 0 Å². The molecule has 2 nitrogen and oxygen atoms in total. The Morgan fingerprint density at radius 3 is 2.71 bits per heavy atom. The Kier molecular flexibility index (Phi) is 1.89. The Morgan fingerprint density at radius 1 is 1.50 bits per heavy atom. The molecule has 2 rings (SSSR count). The van der Waals surface area contributed by atoms with Crippen LogP contribution in [0.2, 0.25) is 0 Å². The third kappa shape index (κ3) is 1.22. The Bertz CT molecular complexity index is 397. The molecule has 0 aromatic heterocycles. The average Bonchev–Trinajstić information content (AvgIpc) is 2.99. The van der Waals surface area contributed by atoms with Crippen LogP contribution in [-0.4, -0.2) is 12.2 Å². The van der Waals surface area contributed by atoms with Crippen LogP contribution >= 0.6 is 0 Å². The maximum absolute atomic E-state index is 9.42. The van der Waals surface area contributed by atoms with E-state index in [1.165, 1.54) is 7.11 Å². The summed E-state index contributed by atoms with van der Waals surface area (Å²) in [5, 5.41) is 9.42. The van der Waals surface area contributed by atoms with E-state index in [0.29, 0.717) is 5.75 Å². The summed E-state index contributed by atoms with van der Waals surface area (Å²) < 4.78 is 5.03. The highest BCUT2D eigenvalue weighted by Crippen LogP contribution is 2.49. The summed E-state index contributed by atoms with van der Waals surface area (Å²) in [6, 6.07) is 5.32. The van der Waals surface area contributed by atoms with Crippen LogP contribution in [-0.2, 0) is 5.41 Å². The minimum Gasteiger partial charge on any atom is -0.504 e. The lowest BCUT2D eigenvalue weighted by atomic mass is 9.97. The Labute approximate surface area is 83.5 Å². The van der Waals surface area contributed by atoms with E-state index in [0.717, 1.165) is 18.4 Å². The number of phenolic OH excluding ortho intramolecular Hbond substituents is 1. The van der Waals surface area contributed by atoms with Gasteiger partial charge in [0.2, 0.25) is 0 Å². The molecule has 0 bridgehead atoms. The fourth-order valence-electron chi connectivity index (χ4n) is 1.62. The van der Waals surface area contributed by atoms with Gasteiger partial charge < -0.3 is 9.84 Å². The number of rotatable bonds is 2. The predicted octanol–water partition coefficient (Wildman–Crippen LogP) is 2.07. The van der Waals surface area contributed by atoms with Gasteiger partial charge in [0.05, 0.1) is 12.5 Å². The molecule has 1 N–H and O–H groups in total. The van der Waals surface area contributed by atoms with Gasteiger partial charge in [-0.1, -0.05) is 12.0 Å². The van der Waals surface area contributed by atoms with Gasteiger partial charge in [0, 0.05) is 0 Å². The number of benzene rings is 1. The molecule has 0 spiro atoms. The lowest BCUT2D eigenvalue weighted by Crippen LogP contribution is -2.02. The average molecular weight is 188 g/mol. The minimum absolute atomic E-state index is 0.0963. The van der Waals surface area contributed by atoms with Crippen LogP contribution in [0, 0.1) is 12.3 Å². The fourth-order valence-corrected chi connectivity index (χ4v) is 1.62. The van der Waals surface area contributed by atoms with Gasteiger partial charge in [-0.05, 0) is 30.5 Å². The predicted molar refractivity (Wildman–Crippen MR) is 54.4 cm³/mol. The number of methoxy groups -OCH3 is 1. The fraction of sp³-hybridized carbons (Fsp3) is 0.333. The zero-order valence-electron chi connectivity index (χ0n) is 8.08. The molecular weight excluding hydrogens is 176 g/mol. The summed E-state index contributed by atoms with van der Waals surface area (Å²) in [5.41, 5.74) is 0.968. The van der Waals surface area contributed by atoms with Crippen molar-refractivity contribution in [1.82, 2.24) is 0 Å². The van der Waals surface area contributed by atoms with Gasteiger partial charge in [-0.2, -0.15) is 0 Å². The molecule has 1 saturated carbocycles. The molecule has 0 atom stereocenters. The van der Waals surface area contributed by atoms with Crippen molar-refractivity contribution in [2.75, 3.05) is 7.11 Å². The molecule has 2 heteroatoms. The highest BCUT2D eigenvalue weighted by atomic mass is 16.5. The van der Waals surface area contributed by atoms with E-state index in [9.17, 15) is 5.11 Å². The summed E-state index contributed by atoms with van der Waals surface area (Å²) >= 11 is 0. The van der Waals surface area contributed by atoms with Gasteiger partial charge in [0.25, 0.3) is 0 Å². The van der Waals surface area contributed by atoms with E-state index in [4.69, 9.17) is 11.2 Å². The van der Waals surface area contributed by atoms with E-state index >= 15 is 0 Å². The molecule has 1 aliphatic rings. The summed E-state index contributed by atoms with van der Waals surface area (Å²) in [7, 11) is 1.54. The van der Waals surface area contributed by atoms with E-state index in [-0.39, 0.29) is 11.2 Å². The van der Waals surface area contributed by atoms with Crippen LogP contribution in [0.1, 0.15) is 18.4 Å². The molecule has 0 unspecified atom stereocenters. The monoisotopic (exact) mass is 188 g/mol. The standard InChI is InChI=1S/C12H12O2/c1-3-12(6-7-12)9-4-5-10(13)11(8-9)14-2/h1,4-5,8,13H,6-7H2,2H3. The molecule has 0 heterocycles. The number of ether oxygens (including phenoxy) is 1. The van der Waals surface area contributed by atoms with Crippen LogP contribution in [0.25, 0.3) is 0 Å². The topological polar surface area (TPSA) is 29.5 Å². The van der Waals surface area contributed by atoms with Crippen LogP contribution in [0.15, 0.2) is 18.2 Å². The molecule has 1 fully saturated rings. The van der Waals surface area contributed by atoms with Crippen molar-refractivity contribution in [3.05, 3.63) is 23.8 Å². The van der Waals surface area contributed by atoms with Crippen LogP contribution in [0.3, 0.4) is 0 Å². The van der Waals surface area contributed by atoms with Gasteiger partial charge >= 0.3 is 0 Å². The van der Waals surface area contributed by atoms with Crippen LogP contribution < -0.4 is 4.74 Å². The first-order valence-electron chi connectivity index (χ1n) is 4.57. The Morgan fingerprint density at radius 2 is 2.21 bits per heavy atom. The lowest BCUT2D eigenvalue weighted by Gasteiger charge is -2.10. The molecule has 0 amide bonds. The molecule has 1 aromatic carbocycles. The second kappa shape index (κ2) is 2.95. The Hall–Kier alpha value is -1.62. The largest absolute Gasteiger partial charge is 0.504 e. The molecule has 1 aliphatic carbocycles. The van der Waals surface area contributed by atoms with Gasteiger partial charge in [-0.15, -0.1) is 6.42 Å². The van der Waals surface area contributed by atoms with Crippen molar-refractivity contribution in [2.24, 2.45) is 0 Å². The summed E-state index contributed by atoms with van der Waals surface area (Å²) in [6.45, 7) is 0. The highest BCUT2D eigenvalue weighted by Gasteiger charge is 2.42. The van der Waals surface area contributed by atoms with E-state index < -0.39 is 0 Å². The first-order valence-corrected chi connectivity index (χ1v) is 4.57. The third-order valence-electron chi connectivity index (χ3n) is 2.76. The van der Waals surface area contributed by atoms with Crippen molar-refractivity contribution in [3.63, 3.8) is 0 Å². The molecule has 72 valence electrons. The zero-order valence-corrected chi connectivity index (χ0v) is 8.08. The first-order chi connectivity index (χ1) is 6.72. The second-order valence-corrected chi connectivity index (χ2v) is 3.61. The second-order valence-electron chi connectivity index (χ2n) is 3.61.